The minimum absolute atomic E-state index is 0.193. The van der Waals surface area contributed by atoms with E-state index in [0.717, 1.165) is 36.7 Å². The fourth-order valence-electron chi connectivity index (χ4n) is 1.79. The van der Waals surface area contributed by atoms with E-state index in [2.05, 4.69) is 17.4 Å². The average molecular weight is 226 g/mol. The zero-order valence-corrected chi connectivity index (χ0v) is 9.68. The predicted octanol–water partition coefficient (Wildman–Crippen LogP) is 2.70. The minimum Gasteiger partial charge on any atom is -0.372 e. The van der Waals surface area contributed by atoms with Gasteiger partial charge in [-0.2, -0.15) is 0 Å². The van der Waals surface area contributed by atoms with E-state index in [1.807, 2.05) is 13.0 Å². The molecule has 1 fully saturated rings. The molecule has 0 saturated carbocycles. The lowest BCUT2D eigenvalue weighted by molar-refractivity contribution is 0.0644. The van der Waals surface area contributed by atoms with Crippen molar-refractivity contribution in [2.75, 3.05) is 19.7 Å². The fraction of sp³-hybridized carbons (Fsp3) is 0.500. The van der Waals surface area contributed by atoms with Crippen molar-refractivity contribution in [3.63, 3.8) is 0 Å². The topological polar surface area (TPSA) is 21.3 Å². The van der Waals surface area contributed by atoms with Crippen LogP contribution < -0.4 is 5.32 Å². The summed E-state index contributed by atoms with van der Waals surface area (Å²) in [5, 5.41) is 4.14. The number of halogens is 1. The highest BCUT2D eigenvalue weighted by Crippen LogP contribution is 2.26. The zero-order chi connectivity index (χ0) is 10.7. The maximum absolute atomic E-state index is 6.10. The maximum atomic E-state index is 6.10. The monoisotopic (exact) mass is 225 g/mol. The summed E-state index contributed by atoms with van der Waals surface area (Å²) in [6.45, 7) is 4.74. The van der Waals surface area contributed by atoms with Crippen LogP contribution in [0.15, 0.2) is 18.2 Å². The molecule has 0 radical (unpaired) electrons. The molecule has 1 aliphatic rings. The molecule has 0 aliphatic carbocycles. The number of hydrogen-bond donors (Lipinski definition) is 1. The van der Waals surface area contributed by atoms with Crippen molar-refractivity contribution in [3.05, 3.63) is 34.3 Å². The Labute approximate surface area is 95.6 Å². The Kier molecular flexibility index (Phi) is 3.62. The highest BCUT2D eigenvalue weighted by Gasteiger charge is 2.14. The van der Waals surface area contributed by atoms with Gasteiger partial charge in [0.25, 0.3) is 0 Å². The second-order valence-corrected chi connectivity index (χ2v) is 4.31. The lowest BCUT2D eigenvalue weighted by Crippen LogP contribution is -2.16. The van der Waals surface area contributed by atoms with Crippen molar-refractivity contribution in [1.29, 1.82) is 0 Å². The van der Waals surface area contributed by atoms with Crippen molar-refractivity contribution in [2.24, 2.45) is 0 Å². The van der Waals surface area contributed by atoms with Crippen LogP contribution in [0.4, 0.5) is 0 Å². The molecule has 1 N–H and O–H groups in total. The van der Waals surface area contributed by atoms with E-state index in [0.29, 0.717) is 0 Å². The standard InChI is InChI=1S/C12H16ClNO/c1-9-2-3-10(8-11(9)13)12-4-5-14-6-7-15-12/h2-3,8,12,14H,4-7H2,1H3. The average Bonchev–Trinajstić information content (AvgIpc) is 2.50. The van der Waals surface area contributed by atoms with Gasteiger partial charge in [-0.15, -0.1) is 0 Å². The van der Waals surface area contributed by atoms with Gasteiger partial charge < -0.3 is 10.1 Å². The summed E-state index contributed by atoms with van der Waals surface area (Å²) >= 11 is 6.10. The fourth-order valence-corrected chi connectivity index (χ4v) is 1.98. The summed E-state index contributed by atoms with van der Waals surface area (Å²) in [6, 6.07) is 6.18. The van der Waals surface area contributed by atoms with Crippen LogP contribution in [0.1, 0.15) is 23.7 Å². The smallest absolute Gasteiger partial charge is 0.0838 e. The van der Waals surface area contributed by atoms with E-state index in [4.69, 9.17) is 16.3 Å². The molecule has 2 rings (SSSR count). The quantitative estimate of drug-likeness (QED) is 0.794. The number of benzene rings is 1. The van der Waals surface area contributed by atoms with E-state index < -0.39 is 0 Å². The van der Waals surface area contributed by atoms with E-state index >= 15 is 0 Å². The second-order valence-electron chi connectivity index (χ2n) is 3.91. The molecule has 0 aromatic heterocycles. The lowest BCUT2D eigenvalue weighted by Gasteiger charge is -2.15. The third-order valence-corrected chi connectivity index (χ3v) is 3.16. The third kappa shape index (κ3) is 2.71. The van der Waals surface area contributed by atoms with Crippen LogP contribution in [-0.2, 0) is 4.74 Å². The van der Waals surface area contributed by atoms with Gasteiger partial charge in [0.1, 0.15) is 0 Å². The molecule has 1 aromatic carbocycles. The normalized spacial score (nSPS) is 22.4. The molecule has 82 valence electrons. The van der Waals surface area contributed by atoms with Gasteiger partial charge >= 0.3 is 0 Å². The molecular formula is C12H16ClNO. The van der Waals surface area contributed by atoms with Gasteiger partial charge in [0.05, 0.1) is 12.7 Å². The van der Waals surface area contributed by atoms with Gasteiger partial charge in [-0.05, 0) is 37.1 Å². The van der Waals surface area contributed by atoms with E-state index in [1.165, 1.54) is 5.56 Å². The number of nitrogens with one attached hydrogen (secondary N) is 1. The molecule has 3 heteroatoms. The molecule has 0 spiro atoms. The first-order chi connectivity index (χ1) is 7.27. The van der Waals surface area contributed by atoms with Crippen LogP contribution in [0, 0.1) is 6.92 Å². The molecule has 2 nitrogen and oxygen atoms in total. The molecule has 1 aliphatic heterocycles. The summed E-state index contributed by atoms with van der Waals surface area (Å²) in [7, 11) is 0. The number of aryl methyl sites for hydroxylation is 1. The summed E-state index contributed by atoms with van der Waals surface area (Å²) < 4.78 is 5.76. The Morgan fingerprint density at radius 2 is 2.27 bits per heavy atom. The highest BCUT2D eigenvalue weighted by atomic mass is 35.5. The van der Waals surface area contributed by atoms with Gasteiger partial charge in [-0.25, -0.2) is 0 Å². The summed E-state index contributed by atoms with van der Waals surface area (Å²) in [5.74, 6) is 0. The molecule has 15 heavy (non-hydrogen) atoms. The highest BCUT2D eigenvalue weighted by molar-refractivity contribution is 6.31. The van der Waals surface area contributed by atoms with Crippen molar-refractivity contribution in [3.8, 4) is 0 Å². The maximum Gasteiger partial charge on any atom is 0.0838 e. The SMILES string of the molecule is Cc1ccc(C2CCNCCO2)cc1Cl. The minimum atomic E-state index is 0.193. The van der Waals surface area contributed by atoms with Crippen LogP contribution in [0.25, 0.3) is 0 Å². The zero-order valence-electron chi connectivity index (χ0n) is 8.92. The number of rotatable bonds is 1. The molecule has 1 atom stereocenters. The van der Waals surface area contributed by atoms with Crippen LogP contribution in [0.2, 0.25) is 5.02 Å². The first-order valence-corrected chi connectivity index (χ1v) is 5.73. The summed E-state index contributed by atoms with van der Waals surface area (Å²) in [5.41, 5.74) is 2.31. The van der Waals surface area contributed by atoms with Gasteiger partial charge in [0.15, 0.2) is 0 Å². The van der Waals surface area contributed by atoms with Crippen molar-refractivity contribution in [2.45, 2.75) is 19.4 Å². The molecule has 0 amide bonds. The lowest BCUT2D eigenvalue weighted by atomic mass is 10.0. The summed E-state index contributed by atoms with van der Waals surface area (Å²) in [4.78, 5) is 0. The number of hydrogen-bond acceptors (Lipinski definition) is 2. The second kappa shape index (κ2) is 4.97. The molecule has 1 unspecified atom stereocenters. The number of ether oxygens (including phenoxy) is 1. The van der Waals surface area contributed by atoms with Crippen LogP contribution in [-0.4, -0.2) is 19.7 Å². The van der Waals surface area contributed by atoms with Gasteiger partial charge in [-0.1, -0.05) is 23.7 Å². The largest absolute Gasteiger partial charge is 0.372 e. The van der Waals surface area contributed by atoms with Gasteiger partial charge in [-0.3, -0.25) is 0 Å². The Balaban J connectivity index is 2.16. The summed E-state index contributed by atoms with van der Waals surface area (Å²) in [6.07, 6.45) is 1.21. The van der Waals surface area contributed by atoms with Crippen LogP contribution in [0.3, 0.4) is 0 Å². The first-order valence-electron chi connectivity index (χ1n) is 5.36. The van der Waals surface area contributed by atoms with Crippen LogP contribution in [0.5, 0.6) is 0 Å². The van der Waals surface area contributed by atoms with Gasteiger partial charge in [0.2, 0.25) is 0 Å². The Bertz CT molecular complexity index is 332. The Morgan fingerprint density at radius 3 is 3.07 bits per heavy atom. The molecule has 1 heterocycles. The first kappa shape index (κ1) is 10.9. The predicted molar refractivity (Wildman–Crippen MR) is 62.4 cm³/mol. The van der Waals surface area contributed by atoms with Crippen molar-refractivity contribution in [1.82, 2.24) is 5.32 Å². The molecule has 1 aromatic rings. The Hall–Kier alpha value is -0.570. The third-order valence-electron chi connectivity index (χ3n) is 2.75. The molecule has 0 bridgehead atoms. The van der Waals surface area contributed by atoms with E-state index in [-0.39, 0.29) is 6.10 Å². The Morgan fingerprint density at radius 1 is 1.40 bits per heavy atom. The van der Waals surface area contributed by atoms with E-state index in [9.17, 15) is 0 Å². The molecule has 1 saturated heterocycles. The van der Waals surface area contributed by atoms with Gasteiger partial charge in [0, 0.05) is 11.6 Å². The van der Waals surface area contributed by atoms with E-state index in [1.54, 1.807) is 0 Å². The van der Waals surface area contributed by atoms with Crippen molar-refractivity contribution < 1.29 is 4.74 Å². The molecular weight excluding hydrogens is 210 g/mol. The van der Waals surface area contributed by atoms with Crippen molar-refractivity contribution >= 4 is 11.6 Å². The van der Waals surface area contributed by atoms with Crippen LogP contribution >= 0.6 is 11.6 Å².